The van der Waals surface area contributed by atoms with E-state index in [1.54, 1.807) is 6.20 Å². The number of aromatic nitrogens is 1. The van der Waals surface area contributed by atoms with Gasteiger partial charge < -0.3 is 23.9 Å². The number of benzene rings is 4. The number of rotatable bonds is 6. The summed E-state index contributed by atoms with van der Waals surface area (Å²) in [6.07, 6.45) is 5.72. The van der Waals surface area contributed by atoms with Crippen LogP contribution in [-0.2, 0) is 21.1 Å². The van der Waals surface area contributed by atoms with Crippen LogP contribution in [0.15, 0.2) is 120 Å². The molecule has 200 valence electrons. The van der Waals surface area contributed by atoms with Gasteiger partial charge in [0.15, 0.2) is 0 Å². The molecule has 0 unspecified atom stereocenters. The normalized spacial score (nSPS) is 12.6. The second-order valence-corrected chi connectivity index (χ2v) is 9.17. The minimum Gasteiger partial charge on any atom is -0.510 e. The summed E-state index contributed by atoms with van der Waals surface area (Å²) in [5, 5.41) is 1.81. The first-order chi connectivity index (χ1) is 19.2. The van der Waals surface area contributed by atoms with Crippen molar-refractivity contribution in [3.8, 4) is 11.6 Å². The molecule has 1 aliphatic rings. The maximum Gasteiger partial charge on any atom is 0.216 e. The van der Waals surface area contributed by atoms with Crippen LogP contribution in [-0.4, -0.2) is 16.9 Å². The van der Waals surface area contributed by atoms with Crippen molar-refractivity contribution >= 4 is 44.7 Å². The zero-order valence-electron chi connectivity index (χ0n) is 21.5. The number of pyridine rings is 1. The Kier molecular flexibility index (Phi) is 7.02. The monoisotopic (exact) mass is 702 g/mol. The van der Waals surface area contributed by atoms with E-state index < -0.39 is 0 Å². The molecular weight excluding hydrogens is 679 g/mol. The average molecular weight is 703 g/mol. The van der Waals surface area contributed by atoms with Gasteiger partial charge in [0.2, 0.25) is 5.88 Å². The predicted molar refractivity (Wildman–Crippen MR) is 154 cm³/mol. The Bertz CT molecular complexity index is 1800. The second kappa shape index (κ2) is 10.9. The third-order valence-electron chi connectivity index (χ3n) is 6.51. The van der Waals surface area contributed by atoms with Crippen molar-refractivity contribution in [1.29, 1.82) is 0 Å². The number of hydrogen-bond acceptors (Lipinski definition) is 6. The van der Waals surface area contributed by atoms with Gasteiger partial charge in [0.05, 0.1) is 0 Å². The standard InChI is InChI=1S/C33H23N4O2.Pt/c1-35-18-19-36(23-35)25-12-9-13-26(20-25)37(24-10-3-2-4-11-24)27-21-30-33(28-14-5-6-15-29(28)38-30)31(22-27)39-32-16-7-8-17-34-32;/h2-19,21,23H,1H3;/q-3;. The summed E-state index contributed by atoms with van der Waals surface area (Å²) in [6, 6.07) is 38.9. The molecule has 6 aromatic rings. The van der Waals surface area contributed by atoms with E-state index >= 15 is 0 Å². The average Bonchev–Trinajstić information content (AvgIpc) is 3.58. The Hall–Kier alpha value is -4.54. The summed E-state index contributed by atoms with van der Waals surface area (Å²) in [5.74, 6) is 1.03. The van der Waals surface area contributed by atoms with Crippen molar-refractivity contribution in [3.05, 3.63) is 134 Å². The first kappa shape index (κ1) is 25.7. The summed E-state index contributed by atoms with van der Waals surface area (Å²) in [4.78, 5) is 10.5. The minimum atomic E-state index is 0. The van der Waals surface area contributed by atoms with Crippen LogP contribution in [0.5, 0.6) is 11.6 Å². The molecule has 6 nitrogen and oxygen atoms in total. The first-order valence-corrected chi connectivity index (χ1v) is 12.6. The number of furan rings is 1. The van der Waals surface area contributed by atoms with Crippen LogP contribution < -0.4 is 14.5 Å². The van der Waals surface area contributed by atoms with E-state index in [4.69, 9.17) is 9.15 Å². The molecule has 0 fully saturated rings. The van der Waals surface area contributed by atoms with E-state index in [1.807, 2.05) is 121 Å². The Morgan fingerprint density at radius 3 is 2.45 bits per heavy atom. The Labute approximate surface area is 247 Å². The van der Waals surface area contributed by atoms with Crippen molar-refractivity contribution in [2.45, 2.75) is 0 Å². The minimum absolute atomic E-state index is 0. The molecule has 7 heteroatoms. The molecule has 0 amide bonds. The Morgan fingerprint density at radius 2 is 1.65 bits per heavy atom. The molecule has 2 aromatic heterocycles. The summed E-state index contributed by atoms with van der Waals surface area (Å²) in [7, 11) is 2.00. The van der Waals surface area contributed by atoms with Gasteiger partial charge in [0, 0.05) is 50.3 Å². The fourth-order valence-corrected chi connectivity index (χ4v) is 4.75. The van der Waals surface area contributed by atoms with Gasteiger partial charge in [-0.1, -0.05) is 53.8 Å². The molecule has 7 rings (SSSR count). The Balaban J connectivity index is 0.00000289. The van der Waals surface area contributed by atoms with Crippen molar-refractivity contribution in [3.63, 3.8) is 0 Å². The van der Waals surface area contributed by atoms with Gasteiger partial charge >= 0.3 is 0 Å². The molecule has 0 atom stereocenters. The maximum absolute atomic E-state index is 6.35. The zero-order chi connectivity index (χ0) is 26.2. The molecular formula is C33H23N4O2Pt-3. The van der Waals surface area contributed by atoms with Gasteiger partial charge in [-0.25, -0.2) is 4.98 Å². The van der Waals surface area contributed by atoms with Crippen LogP contribution in [0.25, 0.3) is 21.9 Å². The molecule has 0 N–H and O–H groups in total. The van der Waals surface area contributed by atoms with E-state index in [1.165, 1.54) is 0 Å². The topological polar surface area (TPSA) is 45.0 Å². The van der Waals surface area contributed by atoms with Crippen LogP contribution in [0.4, 0.5) is 22.7 Å². The number of hydrogen-bond donors (Lipinski definition) is 0. The van der Waals surface area contributed by atoms with Crippen LogP contribution >= 0.6 is 0 Å². The van der Waals surface area contributed by atoms with Crippen molar-refractivity contribution in [2.75, 3.05) is 16.8 Å². The van der Waals surface area contributed by atoms with E-state index in [0.717, 1.165) is 39.1 Å². The molecule has 0 saturated heterocycles. The predicted octanol–water partition coefficient (Wildman–Crippen LogP) is 8.18. The molecule has 4 aromatic carbocycles. The van der Waals surface area contributed by atoms with E-state index in [2.05, 4.69) is 34.1 Å². The van der Waals surface area contributed by atoms with Gasteiger partial charge in [0.1, 0.15) is 5.58 Å². The molecule has 0 radical (unpaired) electrons. The van der Waals surface area contributed by atoms with Gasteiger partial charge in [-0.05, 0) is 54.5 Å². The van der Waals surface area contributed by atoms with Crippen LogP contribution in [0.2, 0.25) is 0 Å². The largest absolute Gasteiger partial charge is 0.510 e. The summed E-state index contributed by atoms with van der Waals surface area (Å²) in [6.45, 7) is 2.01. The Morgan fingerprint density at radius 1 is 0.825 bits per heavy atom. The quantitative estimate of drug-likeness (QED) is 0.163. The number of nitrogens with zero attached hydrogens (tertiary/aromatic N) is 4. The third kappa shape index (κ3) is 4.83. The van der Waals surface area contributed by atoms with Gasteiger partial charge in [0.25, 0.3) is 0 Å². The van der Waals surface area contributed by atoms with Crippen molar-refractivity contribution < 1.29 is 30.2 Å². The number of para-hydroxylation sites is 2. The van der Waals surface area contributed by atoms with Crippen LogP contribution in [0.1, 0.15) is 0 Å². The van der Waals surface area contributed by atoms with Crippen LogP contribution in [0, 0.1) is 18.8 Å². The zero-order valence-corrected chi connectivity index (χ0v) is 23.7. The van der Waals surface area contributed by atoms with Gasteiger partial charge in [-0.2, -0.15) is 12.7 Å². The number of anilines is 4. The summed E-state index contributed by atoms with van der Waals surface area (Å²) >= 11 is 0. The van der Waals surface area contributed by atoms with Crippen molar-refractivity contribution in [2.24, 2.45) is 0 Å². The van der Waals surface area contributed by atoms with Crippen molar-refractivity contribution in [1.82, 2.24) is 9.88 Å². The van der Waals surface area contributed by atoms with Crippen LogP contribution in [0.3, 0.4) is 0 Å². The molecule has 40 heavy (non-hydrogen) atoms. The number of ether oxygens (including phenoxy) is 1. The summed E-state index contributed by atoms with van der Waals surface area (Å²) in [5.41, 5.74) is 4.97. The second-order valence-electron chi connectivity index (χ2n) is 9.17. The first-order valence-electron chi connectivity index (χ1n) is 12.6. The molecule has 0 spiro atoms. The van der Waals surface area contributed by atoms with E-state index in [9.17, 15) is 0 Å². The van der Waals surface area contributed by atoms with Gasteiger partial charge in [-0.15, -0.1) is 36.0 Å². The molecule has 0 bridgehead atoms. The maximum atomic E-state index is 6.35. The van der Waals surface area contributed by atoms with E-state index in [0.29, 0.717) is 17.2 Å². The number of fused-ring (bicyclic) bond motifs is 3. The molecule has 0 saturated carbocycles. The molecule has 3 heterocycles. The SMILES string of the molecule is CN1C=CN(c2[c-]c(N(c3[c-]c(Oc4ccccn4)c4c(c3)oc3ccccc34)c3ccccc3)ccc2)[CH-]1.[Pt]. The fraction of sp³-hybridized carbons (Fsp3) is 0.0303. The fourth-order valence-electron chi connectivity index (χ4n) is 4.75. The molecule has 1 aliphatic heterocycles. The van der Waals surface area contributed by atoms with E-state index in [-0.39, 0.29) is 21.1 Å². The molecule has 0 aliphatic carbocycles. The van der Waals surface area contributed by atoms with Gasteiger partial charge in [-0.3, -0.25) is 0 Å². The smallest absolute Gasteiger partial charge is 0.216 e. The third-order valence-corrected chi connectivity index (χ3v) is 6.51. The summed E-state index contributed by atoms with van der Waals surface area (Å²) < 4.78 is 12.7.